The van der Waals surface area contributed by atoms with E-state index in [1.165, 1.54) is 176 Å². The van der Waals surface area contributed by atoms with Crippen LogP contribution in [0.25, 0.3) is 43.8 Å². The summed E-state index contributed by atoms with van der Waals surface area (Å²) in [5, 5.41) is 11.8. The van der Waals surface area contributed by atoms with E-state index >= 15 is 0 Å². The molecule has 4 heterocycles. The van der Waals surface area contributed by atoms with Crippen molar-refractivity contribution >= 4 is 92.6 Å². The zero-order valence-corrected chi connectivity index (χ0v) is 48.5. The summed E-state index contributed by atoms with van der Waals surface area (Å²) in [5.74, 6) is 0. The Hall–Kier alpha value is -6.47. The zero-order chi connectivity index (χ0) is 52.1. The van der Waals surface area contributed by atoms with Crippen molar-refractivity contribution in [3.63, 3.8) is 0 Å². The fourth-order valence-corrected chi connectivity index (χ4v) is 27.0. The maximum Gasteiger partial charge on any atom is 0.119 e. The van der Waals surface area contributed by atoms with Gasteiger partial charge in [0, 0.05) is 22.2 Å². The molecular formula is C72H76N2Si2. The molecule has 0 N–H and O–H groups in total. The molecule has 4 heteroatoms. The molecule has 2 nitrogen and oxygen atoms in total. The predicted molar refractivity (Wildman–Crippen MR) is 335 cm³/mol. The highest BCUT2D eigenvalue weighted by Crippen LogP contribution is 2.56. The minimum Gasteiger partial charge on any atom is -0.310 e. The van der Waals surface area contributed by atoms with Crippen molar-refractivity contribution in [2.75, 3.05) is 9.80 Å². The van der Waals surface area contributed by atoms with Gasteiger partial charge >= 0.3 is 0 Å². The first-order chi connectivity index (χ1) is 37.0. The molecule has 9 aromatic carbocycles. The largest absolute Gasteiger partial charge is 0.310 e. The summed E-state index contributed by atoms with van der Waals surface area (Å²) in [6.45, 7) is 19.3. The monoisotopic (exact) mass is 1020 g/mol. The molecule has 0 unspecified atom stereocenters. The van der Waals surface area contributed by atoms with E-state index in [1.54, 1.807) is 20.7 Å². The van der Waals surface area contributed by atoms with Crippen molar-refractivity contribution in [1.29, 1.82) is 0 Å². The van der Waals surface area contributed by atoms with Crippen LogP contribution in [-0.4, -0.2) is 16.1 Å². The second kappa shape index (κ2) is 18.6. The first kappa shape index (κ1) is 49.1. The summed E-state index contributed by atoms with van der Waals surface area (Å²) in [6.07, 6.45) is 10.1. The van der Waals surface area contributed by atoms with Crippen molar-refractivity contribution in [2.24, 2.45) is 0 Å². The summed E-state index contributed by atoms with van der Waals surface area (Å²) in [4.78, 5) is 5.27. The molecule has 0 saturated carbocycles. The number of benzene rings is 9. The van der Waals surface area contributed by atoms with Crippen LogP contribution in [0.4, 0.5) is 34.1 Å². The number of hydrogen-bond acceptors (Lipinski definition) is 2. The molecule has 0 fully saturated rings. The highest BCUT2D eigenvalue weighted by molar-refractivity contribution is 7.06. The molecular weight excluding hydrogens is 949 g/mol. The summed E-state index contributed by atoms with van der Waals surface area (Å²) in [6, 6.07) is 73.0. The summed E-state index contributed by atoms with van der Waals surface area (Å²) in [5.41, 5.74) is 19.1. The van der Waals surface area contributed by atoms with Crippen LogP contribution in [0.5, 0.6) is 0 Å². The third-order valence-corrected chi connectivity index (χ3v) is 30.0. The lowest BCUT2D eigenvalue weighted by Gasteiger charge is -2.43. The van der Waals surface area contributed by atoms with Crippen LogP contribution in [0.3, 0.4) is 0 Å². The quantitative estimate of drug-likeness (QED) is 0.0791. The molecule has 9 aromatic rings. The van der Waals surface area contributed by atoms with Crippen LogP contribution >= 0.6 is 0 Å². The normalized spacial score (nSPS) is 16.4. The van der Waals surface area contributed by atoms with Crippen molar-refractivity contribution in [1.82, 2.24) is 0 Å². The number of rotatable bonds is 14. The molecule has 13 rings (SSSR count). The van der Waals surface area contributed by atoms with Crippen molar-refractivity contribution in [2.45, 2.75) is 142 Å². The van der Waals surface area contributed by atoms with E-state index in [0.29, 0.717) is 0 Å². The first-order valence-corrected chi connectivity index (χ1v) is 34.2. The highest BCUT2D eigenvalue weighted by Gasteiger charge is 2.49. The van der Waals surface area contributed by atoms with Crippen LogP contribution in [0.2, 0.25) is 24.2 Å². The molecule has 0 bridgehead atoms. The van der Waals surface area contributed by atoms with Gasteiger partial charge in [-0.1, -0.05) is 216 Å². The topological polar surface area (TPSA) is 6.48 Å². The Labute approximate surface area is 455 Å². The fourth-order valence-electron chi connectivity index (χ4n) is 15.4. The molecule has 0 aromatic heterocycles. The van der Waals surface area contributed by atoms with Crippen LogP contribution in [0.1, 0.15) is 129 Å². The van der Waals surface area contributed by atoms with E-state index in [0.717, 1.165) is 0 Å². The Morgan fingerprint density at radius 1 is 0.329 bits per heavy atom. The second-order valence-corrected chi connectivity index (χ2v) is 32.8. The zero-order valence-electron chi connectivity index (χ0n) is 46.5. The fraction of sp³-hybridized carbons (Fsp3) is 0.306. The molecule has 4 aliphatic rings. The van der Waals surface area contributed by atoms with Gasteiger partial charge in [-0.2, -0.15) is 0 Å². The average Bonchev–Trinajstić information content (AvgIpc) is 4.07. The number of nitrogens with zero attached hydrogens (tertiary/aromatic N) is 2. The van der Waals surface area contributed by atoms with E-state index in [4.69, 9.17) is 0 Å². The van der Waals surface area contributed by atoms with E-state index in [-0.39, 0.29) is 10.8 Å². The molecule has 4 aliphatic heterocycles. The standard InChI is InChI=1S/C72H76N2Si2/c1-9-13-39-75(40-14-10-2)67-31-23-17-25-55(67)57-45-61-65(47-69(57)75)73(63-29-21-19-27-59(63)71(61,5)6)51-35-37-53-49(43-51)33-34-50-44-52(36-38-54(50)53)74-64-30-22-20-28-60(64)72(7,8)62-46-58-56-26-18-24-32-68(56)76(41-15-11-3,42-16-12-4)70(58)48-66(62)74/h17-38,43-48H,9-16,39-42H2,1-8H3. The van der Waals surface area contributed by atoms with Gasteiger partial charge < -0.3 is 9.80 Å². The van der Waals surface area contributed by atoms with Crippen molar-refractivity contribution in [3.05, 3.63) is 192 Å². The number of hydrogen-bond donors (Lipinski definition) is 0. The molecule has 0 radical (unpaired) electrons. The molecule has 0 spiro atoms. The smallest absolute Gasteiger partial charge is 0.119 e. The van der Waals surface area contributed by atoms with Crippen LogP contribution < -0.4 is 30.5 Å². The van der Waals surface area contributed by atoms with Gasteiger partial charge in [0.05, 0.1) is 22.7 Å². The van der Waals surface area contributed by atoms with Gasteiger partial charge in [0.1, 0.15) is 16.1 Å². The predicted octanol–water partition coefficient (Wildman–Crippen LogP) is 18.5. The average molecular weight is 1030 g/mol. The summed E-state index contributed by atoms with van der Waals surface area (Å²) >= 11 is 0. The number of unbranched alkanes of at least 4 members (excludes halogenated alkanes) is 4. The number of para-hydroxylation sites is 2. The van der Waals surface area contributed by atoms with Crippen LogP contribution in [0, 0.1) is 0 Å². The lowest BCUT2D eigenvalue weighted by Crippen LogP contribution is -2.55. The van der Waals surface area contributed by atoms with E-state index in [1.807, 2.05) is 0 Å². The van der Waals surface area contributed by atoms with Gasteiger partial charge in [-0.3, -0.25) is 0 Å². The lowest BCUT2D eigenvalue weighted by molar-refractivity contribution is 0.632. The molecule has 76 heavy (non-hydrogen) atoms. The van der Waals surface area contributed by atoms with Crippen LogP contribution in [-0.2, 0) is 10.8 Å². The molecule has 382 valence electrons. The molecule has 0 amide bonds. The third kappa shape index (κ3) is 7.15. The van der Waals surface area contributed by atoms with Gasteiger partial charge in [-0.15, -0.1) is 0 Å². The Morgan fingerprint density at radius 2 is 0.697 bits per heavy atom. The number of anilines is 6. The Kier molecular flexibility index (Phi) is 12.0. The molecule has 0 aliphatic carbocycles. The van der Waals surface area contributed by atoms with Crippen molar-refractivity contribution in [3.8, 4) is 22.3 Å². The Morgan fingerprint density at radius 3 is 1.09 bits per heavy atom. The molecule has 0 atom stereocenters. The Balaban J connectivity index is 0.949. The van der Waals surface area contributed by atoms with Crippen LogP contribution in [0.15, 0.2) is 170 Å². The highest BCUT2D eigenvalue weighted by atomic mass is 28.3. The maximum atomic E-state index is 2.72. The lowest BCUT2D eigenvalue weighted by atomic mass is 9.73. The van der Waals surface area contributed by atoms with Gasteiger partial charge in [0.2, 0.25) is 0 Å². The van der Waals surface area contributed by atoms with Gasteiger partial charge in [0.25, 0.3) is 0 Å². The van der Waals surface area contributed by atoms with E-state index < -0.39 is 16.1 Å². The molecule has 0 saturated heterocycles. The minimum atomic E-state index is -2.04. The number of fused-ring (bicyclic) bond motifs is 13. The van der Waals surface area contributed by atoms with E-state index in [2.05, 4.69) is 235 Å². The third-order valence-electron chi connectivity index (χ3n) is 19.4. The van der Waals surface area contributed by atoms with E-state index in [9.17, 15) is 0 Å². The second-order valence-electron chi connectivity index (χ2n) is 24.3. The first-order valence-electron chi connectivity index (χ1n) is 29.3. The van der Waals surface area contributed by atoms with Gasteiger partial charge in [0.15, 0.2) is 0 Å². The minimum absolute atomic E-state index is 0.165. The Bertz CT molecular complexity index is 3500. The maximum absolute atomic E-state index is 2.72. The van der Waals surface area contributed by atoms with Gasteiger partial charge in [-0.25, -0.2) is 0 Å². The summed E-state index contributed by atoms with van der Waals surface area (Å²) < 4.78 is 0. The SMILES string of the molecule is CCCC[Si]1(CCCC)c2ccccc2-c2cc3c(cc21)N(c1ccc2c(ccc4cc(N5c6ccccc6C(C)(C)c6cc7c(cc65)[Si](CCCC)(CCCC)c5ccccc5-7)ccc42)c1)c1ccccc1C3(C)C. The van der Waals surface area contributed by atoms with Gasteiger partial charge in [-0.05, 0) is 172 Å². The summed E-state index contributed by atoms with van der Waals surface area (Å²) in [7, 11) is -4.09. The van der Waals surface area contributed by atoms with Crippen molar-refractivity contribution < 1.29 is 0 Å².